The average Bonchev–Trinajstić information content (AvgIpc) is 3.09. The van der Waals surface area contributed by atoms with E-state index >= 15 is 0 Å². The summed E-state index contributed by atoms with van der Waals surface area (Å²) < 4.78 is 0. The van der Waals surface area contributed by atoms with Crippen LogP contribution in [0, 0.1) is 0 Å². The van der Waals surface area contributed by atoms with Gasteiger partial charge in [0.2, 0.25) is 0 Å². The Bertz CT molecular complexity index is 324. The van der Waals surface area contributed by atoms with E-state index in [9.17, 15) is 0 Å². The molecule has 2 heterocycles. The highest BCUT2D eigenvalue weighted by Gasteiger charge is 2.30. The summed E-state index contributed by atoms with van der Waals surface area (Å²) in [6.45, 7) is 7.92. The van der Waals surface area contributed by atoms with Crippen molar-refractivity contribution in [3.8, 4) is 0 Å². The molecule has 4 nitrogen and oxygen atoms in total. The summed E-state index contributed by atoms with van der Waals surface area (Å²) in [5.41, 5.74) is 0. The molecule has 0 aromatic rings. The Balaban J connectivity index is 0.00000200. The third-order valence-electron chi connectivity index (χ3n) is 4.16. The third kappa shape index (κ3) is 4.91. The first-order valence-electron chi connectivity index (χ1n) is 7.66. The summed E-state index contributed by atoms with van der Waals surface area (Å²) in [5, 5.41) is 3.46. The van der Waals surface area contributed by atoms with Gasteiger partial charge in [-0.1, -0.05) is 12.2 Å². The summed E-state index contributed by atoms with van der Waals surface area (Å²) in [5.74, 6) is 1.08. The molecule has 0 saturated carbocycles. The second kappa shape index (κ2) is 9.60. The van der Waals surface area contributed by atoms with E-state index < -0.39 is 0 Å². The molecule has 0 aromatic carbocycles. The average molecular weight is 392 g/mol. The van der Waals surface area contributed by atoms with Crippen molar-refractivity contribution in [2.45, 2.75) is 38.6 Å². The maximum absolute atomic E-state index is 4.42. The molecule has 116 valence electrons. The van der Waals surface area contributed by atoms with Gasteiger partial charge >= 0.3 is 0 Å². The topological polar surface area (TPSA) is 30.9 Å². The number of aliphatic imine (C=N–C) groups is 1. The first-order chi connectivity index (χ1) is 9.35. The largest absolute Gasteiger partial charge is 0.356 e. The van der Waals surface area contributed by atoms with Gasteiger partial charge in [-0.15, -0.1) is 24.0 Å². The third-order valence-corrected chi connectivity index (χ3v) is 4.16. The van der Waals surface area contributed by atoms with E-state index in [2.05, 4.69) is 39.2 Å². The van der Waals surface area contributed by atoms with Crippen molar-refractivity contribution in [1.29, 1.82) is 0 Å². The van der Waals surface area contributed by atoms with Crippen molar-refractivity contribution in [3.63, 3.8) is 0 Å². The van der Waals surface area contributed by atoms with Gasteiger partial charge in [0.25, 0.3) is 0 Å². The molecule has 1 atom stereocenters. The maximum Gasteiger partial charge on any atom is 0.193 e. The minimum Gasteiger partial charge on any atom is -0.356 e. The van der Waals surface area contributed by atoms with Crippen molar-refractivity contribution < 1.29 is 0 Å². The molecule has 0 bridgehead atoms. The number of likely N-dealkylation sites (tertiary alicyclic amines) is 2. The molecule has 2 rings (SSSR count). The lowest BCUT2D eigenvalue weighted by Crippen LogP contribution is -2.42. The van der Waals surface area contributed by atoms with E-state index in [-0.39, 0.29) is 24.0 Å². The number of halogens is 1. The Labute approximate surface area is 140 Å². The van der Waals surface area contributed by atoms with Gasteiger partial charge in [-0.05, 0) is 45.7 Å². The van der Waals surface area contributed by atoms with Crippen LogP contribution in [0.3, 0.4) is 0 Å². The molecule has 2 saturated heterocycles. The predicted molar refractivity (Wildman–Crippen MR) is 97.0 cm³/mol. The van der Waals surface area contributed by atoms with Crippen LogP contribution >= 0.6 is 24.0 Å². The SMILES string of the molecule is C/C=C/CCNC(=NC)N1CCC(N2CCCC2)C1.I. The Kier molecular flexibility index (Phi) is 8.52. The molecular formula is C15H29IN4. The van der Waals surface area contributed by atoms with E-state index in [4.69, 9.17) is 0 Å². The molecule has 2 aliphatic rings. The number of allylic oxidation sites excluding steroid dienone is 1. The van der Waals surface area contributed by atoms with E-state index in [1.165, 1.54) is 32.4 Å². The zero-order valence-corrected chi connectivity index (χ0v) is 15.2. The molecule has 20 heavy (non-hydrogen) atoms. The van der Waals surface area contributed by atoms with Crippen molar-refractivity contribution >= 4 is 29.9 Å². The van der Waals surface area contributed by atoms with Crippen LogP contribution in [0.4, 0.5) is 0 Å². The standard InChI is InChI=1S/C15H28N4.HI/c1-3-4-5-9-17-15(16-2)19-12-8-14(13-19)18-10-6-7-11-18;/h3-4,14H,5-13H2,1-2H3,(H,16,17);1H/b4-3+;. The van der Waals surface area contributed by atoms with Crippen LogP contribution < -0.4 is 5.32 Å². The fraction of sp³-hybridized carbons (Fsp3) is 0.800. The number of guanidine groups is 1. The molecule has 1 N–H and O–H groups in total. The van der Waals surface area contributed by atoms with E-state index in [1.807, 2.05) is 7.05 Å². The van der Waals surface area contributed by atoms with Gasteiger partial charge in [0, 0.05) is 32.7 Å². The van der Waals surface area contributed by atoms with Gasteiger partial charge < -0.3 is 10.2 Å². The quantitative estimate of drug-likeness (QED) is 0.262. The number of rotatable bonds is 4. The Morgan fingerprint density at radius 1 is 1.30 bits per heavy atom. The molecule has 0 aromatic heterocycles. The number of hydrogen-bond donors (Lipinski definition) is 1. The predicted octanol–water partition coefficient (Wildman–Crippen LogP) is 2.32. The molecule has 0 radical (unpaired) electrons. The normalized spacial score (nSPS) is 24.4. The van der Waals surface area contributed by atoms with E-state index in [1.54, 1.807) is 0 Å². The molecule has 2 aliphatic heterocycles. The number of nitrogens with one attached hydrogen (secondary N) is 1. The van der Waals surface area contributed by atoms with Gasteiger partial charge in [0.15, 0.2) is 5.96 Å². The van der Waals surface area contributed by atoms with Crippen molar-refractivity contribution in [2.24, 2.45) is 4.99 Å². The van der Waals surface area contributed by atoms with E-state index in [0.29, 0.717) is 0 Å². The Hall–Kier alpha value is -0.300. The molecule has 0 aliphatic carbocycles. The van der Waals surface area contributed by atoms with Gasteiger partial charge in [0.05, 0.1) is 0 Å². The molecule has 0 spiro atoms. The van der Waals surface area contributed by atoms with Crippen LogP contribution in [0.5, 0.6) is 0 Å². The molecule has 1 unspecified atom stereocenters. The smallest absolute Gasteiger partial charge is 0.193 e. The molecule has 2 fully saturated rings. The van der Waals surface area contributed by atoms with Gasteiger partial charge in [-0.25, -0.2) is 0 Å². The Morgan fingerprint density at radius 3 is 2.70 bits per heavy atom. The van der Waals surface area contributed by atoms with Gasteiger partial charge in [0.1, 0.15) is 0 Å². The fourth-order valence-electron chi connectivity index (χ4n) is 3.11. The molecule has 0 amide bonds. The second-order valence-electron chi connectivity index (χ2n) is 5.46. The lowest BCUT2D eigenvalue weighted by atomic mass is 10.2. The summed E-state index contributed by atoms with van der Waals surface area (Å²) >= 11 is 0. The van der Waals surface area contributed by atoms with E-state index in [0.717, 1.165) is 38.1 Å². The second-order valence-corrected chi connectivity index (χ2v) is 5.46. The minimum atomic E-state index is 0. The Morgan fingerprint density at radius 2 is 2.05 bits per heavy atom. The number of hydrogen-bond acceptors (Lipinski definition) is 2. The lowest BCUT2D eigenvalue weighted by molar-refractivity contribution is 0.249. The van der Waals surface area contributed by atoms with Crippen LogP contribution in [0.2, 0.25) is 0 Å². The molecular weight excluding hydrogens is 363 g/mol. The lowest BCUT2D eigenvalue weighted by Gasteiger charge is -2.25. The fourth-order valence-corrected chi connectivity index (χ4v) is 3.11. The minimum absolute atomic E-state index is 0. The first kappa shape index (κ1) is 17.8. The maximum atomic E-state index is 4.42. The van der Waals surface area contributed by atoms with Crippen LogP contribution in [-0.2, 0) is 0 Å². The summed E-state index contributed by atoms with van der Waals surface area (Å²) in [6.07, 6.45) is 9.41. The van der Waals surface area contributed by atoms with Crippen molar-refractivity contribution in [1.82, 2.24) is 15.1 Å². The monoisotopic (exact) mass is 392 g/mol. The molecule has 5 heteroatoms. The van der Waals surface area contributed by atoms with Crippen LogP contribution in [0.25, 0.3) is 0 Å². The zero-order chi connectivity index (χ0) is 13.5. The van der Waals surface area contributed by atoms with Crippen LogP contribution in [-0.4, -0.2) is 61.6 Å². The zero-order valence-electron chi connectivity index (χ0n) is 12.8. The van der Waals surface area contributed by atoms with Gasteiger partial charge in [-0.2, -0.15) is 0 Å². The highest BCUT2D eigenvalue weighted by atomic mass is 127. The van der Waals surface area contributed by atoms with Crippen LogP contribution in [0.1, 0.15) is 32.6 Å². The highest BCUT2D eigenvalue weighted by molar-refractivity contribution is 14.0. The summed E-state index contributed by atoms with van der Waals surface area (Å²) in [6, 6.07) is 0.747. The number of nitrogens with zero attached hydrogens (tertiary/aromatic N) is 3. The highest BCUT2D eigenvalue weighted by Crippen LogP contribution is 2.20. The summed E-state index contributed by atoms with van der Waals surface area (Å²) in [7, 11) is 1.89. The van der Waals surface area contributed by atoms with Crippen molar-refractivity contribution in [2.75, 3.05) is 39.8 Å². The first-order valence-corrected chi connectivity index (χ1v) is 7.66. The van der Waals surface area contributed by atoms with Crippen molar-refractivity contribution in [3.05, 3.63) is 12.2 Å². The van der Waals surface area contributed by atoms with Gasteiger partial charge in [-0.3, -0.25) is 9.89 Å². The summed E-state index contributed by atoms with van der Waals surface area (Å²) in [4.78, 5) is 9.49. The van der Waals surface area contributed by atoms with Crippen LogP contribution in [0.15, 0.2) is 17.1 Å².